The van der Waals surface area contributed by atoms with Crippen LogP contribution in [0.3, 0.4) is 0 Å². The summed E-state index contributed by atoms with van der Waals surface area (Å²) in [7, 11) is 0. The Kier molecular flexibility index (Phi) is 6.23. The molecule has 0 aliphatic carbocycles. The number of rotatable bonds is 8. The first-order chi connectivity index (χ1) is 12.6. The molecule has 1 amide bonds. The zero-order valence-electron chi connectivity index (χ0n) is 15.2. The molecule has 0 radical (unpaired) electrons. The van der Waals surface area contributed by atoms with Gasteiger partial charge in [-0.25, -0.2) is 4.98 Å². The maximum absolute atomic E-state index is 11.9. The number of nitrogens with zero attached hydrogens (tertiary/aromatic N) is 1. The largest absolute Gasteiger partial charge is 0.493 e. The van der Waals surface area contributed by atoms with Crippen LogP contribution in [0.25, 0.3) is 10.2 Å². The van der Waals surface area contributed by atoms with Crippen LogP contribution in [-0.4, -0.2) is 24.0 Å². The van der Waals surface area contributed by atoms with Gasteiger partial charge >= 0.3 is 0 Å². The number of aryl methyl sites for hydroxylation is 3. The van der Waals surface area contributed by atoms with Gasteiger partial charge in [-0.2, -0.15) is 0 Å². The Hall–Kier alpha value is -2.40. The SMILES string of the molecule is Cc1ccc(C)c(OCCC(=O)NCCCc2nc3ccccc3s2)c1. The first-order valence-electron chi connectivity index (χ1n) is 8.93. The lowest BCUT2D eigenvalue weighted by Gasteiger charge is -2.10. The van der Waals surface area contributed by atoms with Crippen LogP contribution in [0.1, 0.15) is 29.0 Å². The van der Waals surface area contributed by atoms with E-state index in [1.165, 1.54) is 4.70 Å². The van der Waals surface area contributed by atoms with Crippen molar-refractivity contribution >= 4 is 27.5 Å². The average molecular weight is 369 g/mol. The lowest BCUT2D eigenvalue weighted by atomic mass is 10.1. The van der Waals surface area contributed by atoms with Gasteiger partial charge in [0.1, 0.15) is 5.75 Å². The molecule has 1 heterocycles. The Balaban J connectivity index is 1.34. The molecule has 0 fully saturated rings. The van der Waals surface area contributed by atoms with Crippen molar-refractivity contribution in [3.05, 3.63) is 58.6 Å². The smallest absolute Gasteiger partial charge is 0.223 e. The molecule has 0 atom stereocenters. The van der Waals surface area contributed by atoms with E-state index in [9.17, 15) is 4.79 Å². The summed E-state index contributed by atoms with van der Waals surface area (Å²) in [6.07, 6.45) is 2.15. The van der Waals surface area contributed by atoms with Crippen molar-refractivity contribution < 1.29 is 9.53 Å². The molecule has 0 saturated carbocycles. The third-order valence-electron chi connectivity index (χ3n) is 4.16. The van der Waals surface area contributed by atoms with Crippen LogP contribution >= 0.6 is 11.3 Å². The molecule has 0 spiro atoms. The molecule has 1 N–H and O–H groups in total. The highest BCUT2D eigenvalue weighted by Crippen LogP contribution is 2.22. The number of ether oxygens (including phenoxy) is 1. The summed E-state index contributed by atoms with van der Waals surface area (Å²) in [5.41, 5.74) is 3.30. The lowest BCUT2D eigenvalue weighted by molar-refractivity contribution is -0.121. The molecule has 26 heavy (non-hydrogen) atoms. The summed E-state index contributed by atoms with van der Waals surface area (Å²) in [6.45, 7) is 5.10. The summed E-state index contributed by atoms with van der Waals surface area (Å²) >= 11 is 1.73. The quantitative estimate of drug-likeness (QED) is 0.598. The van der Waals surface area contributed by atoms with Crippen molar-refractivity contribution in [1.82, 2.24) is 10.3 Å². The molecule has 5 heteroatoms. The van der Waals surface area contributed by atoms with Crippen molar-refractivity contribution in [2.75, 3.05) is 13.2 Å². The van der Waals surface area contributed by atoms with Gasteiger partial charge in [-0.15, -0.1) is 11.3 Å². The fourth-order valence-corrected chi connectivity index (χ4v) is 3.71. The average Bonchev–Trinajstić information content (AvgIpc) is 3.04. The lowest BCUT2D eigenvalue weighted by Crippen LogP contribution is -2.26. The highest BCUT2D eigenvalue weighted by atomic mass is 32.1. The number of amides is 1. The third-order valence-corrected chi connectivity index (χ3v) is 5.25. The normalized spacial score (nSPS) is 10.8. The van der Waals surface area contributed by atoms with Crippen molar-refractivity contribution in [2.24, 2.45) is 0 Å². The van der Waals surface area contributed by atoms with Crippen molar-refractivity contribution in [1.29, 1.82) is 0 Å². The Bertz CT molecular complexity index is 856. The minimum Gasteiger partial charge on any atom is -0.493 e. The summed E-state index contributed by atoms with van der Waals surface area (Å²) in [6, 6.07) is 14.3. The summed E-state index contributed by atoms with van der Waals surface area (Å²) in [5, 5.41) is 4.08. The number of thiazole rings is 1. The van der Waals surface area contributed by atoms with Gasteiger partial charge in [-0.3, -0.25) is 4.79 Å². The highest BCUT2D eigenvalue weighted by Gasteiger charge is 2.05. The van der Waals surface area contributed by atoms with E-state index >= 15 is 0 Å². The Morgan fingerprint density at radius 3 is 2.88 bits per heavy atom. The fourth-order valence-electron chi connectivity index (χ4n) is 2.70. The molecule has 1 aromatic heterocycles. The molecule has 4 nitrogen and oxygen atoms in total. The second-order valence-corrected chi connectivity index (χ2v) is 7.51. The minimum atomic E-state index is 0.0274. The third kappa shape index (κ3) is 5.05. The fraction of sp³-hybridized carbons (Fsp3) is 0.333. The maximum atomic E-state index is 11.9. The first kappa shape index (κ1) is 18.4. The number of aromatic nitrogens is 1. The molecule has 0 bridgehead atoms. The van der Waals surface area contributed by atoms with E-state index < -0.39 is 0 Å². The number of fused-ring (bicyclic) bond motifs is 1. The highest BCUT2D eigenvalue weighted by molar-refractivity contribution is 7.18. The Labute approximate surface area is 158 Å². The number of carbonyl (C=O) groups is 1. The van der Waals surface area contributed by atoms with Crippen LogP contribution in [0.15, 0.2) is 42.5 Å². The van der Waals surface area contributed by atoms with Gasteiger partial charge in [-0.05, 0) is 49.6 Å². The van der Waals surface area contributed by atoms with E-state index in [0.29, 0.717) is 19.6 Å². The van der Waals surface area contributed by atoms with Gasteiger partial charge in [-0.1, -0.05) is 24.3 Å². The number of carbonyl (C=O) groups excluding carboxylic acids is 1. The van der Waals surface area contributed by atoms with Crippen LogP contribution in [-0.2, 0) is 11.2 Å². The van der Waals surface area contributed by atoms with E-state index in [1.54, 1.807) is 11.3 Å². The van der Waals surface area contributed by atoms with Crippen LogP contribution in [0.2, 0.25) is 0 Å². The van der Waals surface area contributed by atoms with Crippen molar-refractivity contribution in [3.63, 3.8) is 0 Å². The second kappa shape index (κ2) is 8.81. The summed E-state index contributed by atoms with van der Waals surface area (Å²) < 4.78 is 6.95. The topological polar surface area (TPSA) is 51.2 Å². The van der Waals surface area contributed by atoms with Crippen molar-refractivity contribution in [2.45, 2.75) is 33.1 Å². The molecule has 0 saturated heterocycles. The van der Waals surface area contributed by atoms with Crippen LogP contribution in [0, 0.1) is 13.8 Å². The zero-order chi connectivity index (χ0) is 18.4. The first-order valence-corrected chi connectivity index (χ1v) is 9.74. The molecule has 2 aromatic carbocycles. The second-order valence-electron chi connectivity index (χ2n) is 6.40. The van der Waals surface area contributed by atoms with E-state index in [1.807, 2.05) is 44.2 Å². The van der Waals surface area contributed by atoms with Gasteiger partial charge in [0, 0.05) is 13.0 Å². The van der Waals surface area contributed by atoms with E-state index in [2.05, 4.69) is 22.4 Å². The predicted octanol–water partition coefficient (Wildman–Crippen LogP) is 4.43. The minimum absolute atomic E-state index is 0.0274. The van der Waals surface area contributed by atoms with E-state index in [4.69, 9.17) is 4.74 Å². The monoisotopic (exact) mass is 368 g/mol. The zero-order valence-corrected chi connectivity index (χ0v) is 16.1. The number of benzene rings is 2. The van der Waals surface area contributed by atoms with E-state index in [-0.39, 0.29) is 5.91 Å². The molecular weight excluding hydrogens is 344 g/mol. The molecule has 3 rings (SSSR count). The molecule has 0 unspecified atom stereocenters. The number of hydrogen-bond donors (Lipinski definition) is 1. The van der Waals surface area contributed by atoms with Crippen LogP contribution < -0.4 is 10.1 Å². The molecule has 0 aliphatic heterocycles. The molecule has 0 aliphatic rings. The predicted molar refractivity (Wildman–Crippen MR) is 107 cm³/mol. The standard InChI is InChI=1S/C21H24N2O2S/c1-15-9-10-16(2)18(14-15)25-13-11-20(24)22-12-5-8-21-23-17-6-3-4-7-19(17)26-21/h3-4,6-7,9-10,14H,5,8,11-13H2,1-2H3,(H,22,24). The molecular formula is C21H24N2O2S. The Morgan fingerprint density at radius 2 is 2.04 bits per heavy atom. The summed E-state index contributed by atoms with van der Waals surface area (Å²) in [5.74, 6) is 0.883. The van der Waals surface area contributed by atoms with Crippen molar-refractivity contribution in [3.8, 4) is 5.75 Å². The van der Waals surface area contributed by atoms with E-state index in [0.717, 1.165) is 40.2 Å². The summed E-state index contributed by atoms with van der Waals surface area (Å²) in [4.78, 5) is 16.5. The van der Waals surface area contributed by atoms with Crippen LogP contribution in [0.4, 0.5) is 0 Å². The number of nitrogens with one attached hydrogen (secondary N) is 1. The van der Waals surface area contributed by atoms with Gasteiger partial charge in [0.25, 0.3) is 0 Å². The number of para-hydroxylation sites is 1. The van der Waals surface area contributed by atoms with Crippen LogP contribution in [0.5, 0.6) is 5.75 Å². The van der Waals surface area contributed by atoms with Gasteiger partial charge < -0.3 is 10.1 Å². The van der Waals surface area contributed by atoms with Gasteiger partial charge in [0.2, 0.25) is 5.91 Å². The maximum Gasteiger partial charge on any atom is 0.223 e. The molecule has 3 aromatic rings. The van der Waals surface area contributed by atoms with Gasteiger partial charge in [0.05, 0.1) is 28.3 Å². The molecule has 136 valence electrons. The Morgan fingerprint density at radius 1 is 1.19 bits per heavy atom. The number of hydrogen-bond acceptors (Lipinski definition) is 4. The van der Waals surface area contributed by atoms with Gasteiger partial charge in [0.15, 0.2) is 0 Å².